The van der Waals surface area contributed by atoms with Gasteiger partial charge in [0.05, 0.1) is 22.0 Å². The Morgan fingerprint density at radius 3 is 2.49 bits per heavy atom. The number of hydrogen-bond donors (Lipinski definition) is 1. The summed E-state index contributed by atoms with van der Waals surface area (Å²) in [6.07, 6.45) is 3.28. The minimum Gasteiger partial charge on any atom is -0.443 e. The van der Waals surface area contributed by atoms with Crippen LogP contribution in [0.3, 0.4) is 0 Å². The van der Waals surface area contributed by atoms with Crippen molar-refractivity contribution in [3.63, 3.8) is 0 Å². The Hall–Kier alpha value is -2.38. The van der Waals surface area contributed by atoms with E-state index in [2.05, 4.69) is 20.3 Å². The van der Waals surface area contributed by atoms with Crippen LogP contribution in [0.5, 0.6) is 0 Å². The number of amides is 1. The molecule has 2 aromatic rings. The van der Waals surface area contributed by atoms with Crippen LogP contribution in [0.1, 0.15) is 52.1 Å². The van der Waals surface area contributed by atoms with Gasteiger partial charge in [-0.25, -0.2) is 36.9 Å². The molecule has 10 nitrogen and oxygen atoms in total. The van der Waals surface area contributed by atoms with Gasteiger partial charge in [0, 0.05) is 26.2 Å². The van der Waals surface area contributed by atoms with E-state index >= 15 is 0 Å². The summed E-state index contributed by atoms with van der Waals surface area (Å²) in [6, 6.07) is -0.0182. The minimum atomic E-state index is -3.18. The number of ether oxygens (including phenoxy) is 1. The monoisotopic (exact) mass is 526 g/mol. The van der Waals surface area contributed by atoms with Gasteiger partial charge in [0.1, 0.15) is 11.3 Å². The summed E-state index contributed by atoms with van der Waals surface area (Å²) in [7, 11) is -1.63. The van der Waals surface area contributed by atoms with Crippen LogP contribution < -0.4 is 10.2 Å². The van der Waals surface area contributed by atoms with Crippen molar-refractivity contribution in [2.75, 3.05) is 30.4 Å². The van der Waals surface area contributed by atoms with Crippen molar-refractivity contribution in [1.82, 2.24) is 19.3 Å². The van der Waals surface area contributed by atoms with Gasteiger partial charge in [0.2, 0.25) is 16.0 Å². The van der Waals surface area contributed by atoms with E-state index in [0.29, 0.717) is 41.6 Å². The summed E-state index contributed by atoms with van der Waals surface area (Å²) in [5.74, 6) is -0.334. The van der Waals surface area contributed by atoms with Gasteiger partial charge in [-0.2, -0.15) is 0 Å². The van der Waals surface area contributed by atoms with Crippen molar-refractivity contribution in [2.24, 2.45) is 0 Å². The number of carbonyl (C=O) groups excluding carboxylic acids is 1. The molecule has 0 spiro atoms. The normalized spacial score (nSPS) is 17.9. The predicted molar refractivity (Wildman–Crippen MR) is 133 cm³/mol. The van der Waals surface area contributed by atoms with E-state index < -0.39 is 27.5 Å². The molecule has 0 radical (unpaired) electrons. The number of rotatable bonds is 6. The first-order valence-electron chi connectivity index (χ1n) is 11.6. The standard InChI is InChI=1S/C22H31FN6O4S2/c1-13-18(34-20(25-13)28(5)21(30)33-22(2,3)4)17-16(23)12-24-19(27-17)26-14-8-10-29(11-9-14)35(31,32)15-6-7-15/h12,14-15H,6-11H2,1-5H3,(H,24,26,27). The van der Waals surface area contributed by atoms with Crippen molar-refractivity contribution in [3.05, 3.63) is 17.7 Å². The molecule has 2 aliphatic rings. The molecule has 2 aromatic heterocycles. The predicted octanol–water partition coefficient (Wildman–Crippen LogP) is 3.79. The maximum Gasteiger partial charge on any atom is 0.416 e. The first kappa shape index (κ1) is 25.7. The Labute approximate surface area is 209 Å². The first-order chi connectivity index (χ1) is 16.3. The van der Waals surface area contributed by atoms with Crippen molar-refractivity contribution in [2.45, 2.75) is 70.3 Å². The van der Waals surface area contributed by atoms with Gasteiger partial charge in [0.15, 0.2) is 10.9 Å². The van der Waals surface area contributed by atoms with Gasteiger partial charge in [-0.3, -0.25) is 4.90 Å². The highest BCUT2D eigenvalue weighted by atomic mass is 32.2. The number of hydrogen-bond acceptors (Lipinski definition) is 9. The largest absolute Gasteiger partial charge is 0.443 e. The number of thiazole rings is 1. The summed E-state index contributed by atoms with van der Waals surface area (Å²) in [4.78, 5) is 27.1. The number of halogens is 1. The molecule has 1 amide bonds. The number of sulfonamides is 1. The second kappa shape index (κ2) is 9.58. The topological polar surface area (TPSA) is 118 Å². The van der Waals surface area contributed by atoms with Gasteiger partial charge < -0.3 is 10.1 Å². The summed E-state index contributed by atoms with van der Waals surface area (Å²) in [5, 5.41) is 3.37. The van der Waals surface area contributed by atoms with Crippen LogP contribution in [0, 0.1) is 12.7 Å². The molecule has 2 fully saturated rings. The molecule has 1 aliphatic heterocycles. The van der Waals surface area contributed by atoms with E-state index in [-0.39, 0.29) is 22.9 Å². The van der Waals surface area contributed by atoms with Crippen LogP contribution in [0.25, 0.3) is 10.6 Å². The molecule has 4 rings (SSSR count). The molecule has 0 unspecified atom stereocenters. The molecule has 3 heterocycles. The zero-order valence-corrected chi connectivity index (χ0v) is 22.2. The van der Waals surface area contributed by atoms with Crippen molar-refractivity contribution < 1.29 is 22.3 Å². The van der Waals surface area contributed by atoms with Crippen LogP contribution in [-0.4, -0.2) is 70.8 Å². The molecular formula is C22H31FN6O4S2. The number of nitrogens with zero attached hydrogens (tertiary/aromatic N) is 5. The molecule has 0 bridgehead atoms. The molecule has 1 saturated carbocycles. The molecule has 1 saturated heterocycles. The third kappa shape index (κ3) is 5.89. The van der Waals surface area contributed by atoms with E-state index in [1.54, 1.807) is 39.0 Å². The highest BCUT2D eigenvalue weighted by Gasteiger charge is 2.41. The van der Waals surface area contributed by atoms with Crippen LogP contribution in [0.4, 0.5) is 20.3 Å². The number of anilines is 2. The number of aromatic nitrogens is 3. The number of piperidine rings is 1. The van der Waals surface area contributed by atoms with E-state index in [1.165, 1.54) is 4.90 Å². The van der Waals surface area contributed by atoms with Gasteiger partial charge in [-0.1, -0.05) is 11.3 Å². The fraction of sp³-hybridized carbons (Fsp3) is 0.636. The van der Waals surface area contributed by atoms with Crippen LogP contribution in [0.15, 0.2) is 6.20 Å². The lowest BCUT2D eigenvalue weighted by molar-refractivity contribution is 0.0589. The van der Waals surface area contributed by atoms with Crippen LogP contribution in [0.2, 0.25) is 0 Å². The van der Waals surface area contributed by atoms with Gasteiger partial charge in [0.25, 0.3) is 0 Å². The van der Waals surface area contributed by atoms with E-state index in [0.717, 1.165) is 30.4 Å². The second-order valence-electron chi connectivity index (χ2n) is 9.90. The third-order valence-electron chi connectivity index (χ3n) is 5.79. The van der Waals surface area contributed by atoms with Crippen molar-refractivity contribution in [3.8, 4) is 10.6 Å². The summed E-state index contributed by atoms with van der Waals surface area (Å²) >= 11 is 1.14. The lowest BCUT2D eigenvalue weighted by atomic mass is 10.1. The second-order valence-corrected chi connectivity index (χ2v) is 13.1. The Balaban J connectivity index is 1.46. The summed E-state index contributed by atoms with van der Waals surface area (Å²) < 4.78 is 46.6. The average Bonchev–Trinajstić information content (AvgIpc) is 3.57. The Bertz CT molecular complexity index is 1200. The lowest BCUT2D eigenvalue weighted by Crippen LogP contribution is -2.43. The summed E-state index contributed by atoms with van der Waals surface area (Å²) in [5.41, 5.74) is -0.0319. The molecule has 192 valence electrons. The maximum absolute atomic E-state index is 14.7. The SMILES string of the molecule is Cc1nc(N(C)C(=O)OC(C)(C)C)sc1-c1nc(NC2CCN(S(=O)(=O)C3CC3)CC2)ncc1F. The highest BCUT2D eigenvalue weighted by Crippen LogP contribution is 2.36. The molecule has 35 heavy (non-hydrogen) atoms. The fourth-order valence-electron chi connectivity index (χ4n) is 3.76. The average molecular weight is 527 g/mol. The number of nitrogens with one attached hydrogen (secondary N) is 1. The molecular weight excluding hydrogens is 495 g/mol. The Morgan fingerprint density at radius 2 is 1.89 bits per heavy atom. The zero-order chi connectivity index (χ0) is 25.5. The van der Waals surface area contributed by atoms with E-state index in [1.807, 2.05) is 0 Å². The highest BCUT2D eigenvalue weighted by molar-refractivity contribution is 7.90. The fourth-order valence-corrected chi connectivity index (χ4v) is 6.65. The molecule has 1 N–H and O–H groups in total. The van der Waals surface area contributed by atoms with E-state index in [9.17, 15) is 17.6 Å². The smallest absolute Gasteiger partial charge is 0.416 e. The van der Waals surface area contributed by atoms with Crippen LogP contribution in [-0.2, 0) is 14.8 Å². The Kier molecular flexibility index (Phi) is 7.04. The quantitative estimate of drug-likeness (QED) is 0.604. The minimum absolute atomic E-state index is 0.0182. The first-order valence-corrected chi connectivity index (χ1v) is 13.9. The number of carbonyl (C=O) groups is 1. The van der Waals surface area contributed by atoms with Gasteiger partial charge in [-0.05, 0) is 53.4 Å². The van der Waals surface area contributed by atoms with Crippen LogP contribution >= 0.6 is 11.3 Å². The van der Waals surface area contributed by atoms with E-state index in [4.69, 9.17) is 4.74 Å². The van der Waals surface area contributed by atoms with Crippen molar-refractivity contribution >= 4 is 38.5 Å². The van der Waals surface area contributed by atoms with Gasteiger partial charge in [-0.15, -0.1) is 0 Å². The lowest BCUT2D eigenvalue weighted by Gasteiger charge is -2.31. The molecule has 13 heteroatoms. The summed E-state index contributed by atoms with van der Waals surface area (Å²) in [6.45, 7) is 7.94. The molecule has 0 atom stereocenters. The molecule has 1 aliphatic carbocycles. The zero-order valence-electron chi connectivity index (χ0n) is 20.5. The third-order valence-corrected chi connectivity index (χ3v) is 9.43. The van der Waals surface area contributed by atoms with Crippen molar-refractivity contribution in [1.29, 1.82) is 0 Å². The number of aryl methyl sites for hydroxylation is 1. The molecule has 0 aromatic carbocycles. The maximum atomic E-state index is 14.7. The van der Waals surface area contributed by atoms with Gasteiger partial charge >= 0.3 is 6.09 Å². The Morgan fingerprint density at radius 1 is 1.23 bits per heavy atom.